The molecule has 138 valence electrons. The monoisotopic (exact) mass is 364 g/mol. The number of nitrogens with zero attached hydrogens (tertiary/aromatic N) is 2. The molecule has 0 bridgehead atoms. The third-order valence-corrected chi connectivity index (χ3v) is 6.06. The molecule has 0 unspecified atom stereocenters. The molecule has 2 atom stereocenters. The van der Waals surface area contributed by atoms with Gasteiger partial charge in [-0.25, -0.2) is 0 Å². The molecular weight excluding hydrogens is 336 g/mol. The molecule has 3 rings (SSSR count). The third kappa shape index (κ3) is 4.55. The summed E-state index contributed by atoms with van der Waals surface area (Å²) >= 11 is 5.91. The van der Waals surface area contributed by atoms with E-state index in [9.17, 15) is 9.90 Å². The molecule has 25 heavy (non-hydrogen) atoms. The average molecular weight is 365 g/mol. The zero-order valence-corrected chi connectivity index (χ0v) is 15.8. The van der Waals surface area contributed by atoms with Crippen LogP contribution in [-0.2, 0) is 11.2 Å². The van der Waals surface area contributed by atoms with Gasteiger partial charge in [0.2, 0.25) is 5.91 Å². The first-order chi connectivity index (χ1) is 12.0. The van der Waals surface area contributed by atoms with Gasteiger partial charge in [0, 0.05) is 43.0 Å². The van der Waals surface area contributed by atoms with Crippen molar-refractivity contribution in [3.05, 3.63) is 34.9 Å². The first kappa shape index (κ1) is 18.7. The van der Waals surface area contributed by atoms with Gasteiger partial charge in [0.05, 0.1) is 6.10 Å². The fourth-order valence-corrected chi connectivity index (χ4v) is 4.52. The van der Waals surface area contributed by atoms with E-state index in [4.69, 9.17) is 11.6 Å². The minimum absolute atomic E-state index is 0.128. The van der Waals surface area contributed by atoms with Crippen molar-refractivity contribution in [2.45, 2.75) is 44.6 Å². The molecule has 2 fully saturated rings. The Bertz CT molecular complexity index is 592. The highest BCUT2D eigenvalue weighted by Gasteiger charge is 2.45. The van der Waals surface area contributed by atoms with Crippen molar-refractivity contribution >= 4 is 17.5 Å². The molecule has 4 nitrogen and oxygen atoms in total. The van der Waals surface area contributed by atoms with Crippen molar-refractivity contribution in [3.8, 4) is 0 Å². The number of aliphatic hydroxyl groups is 1. The average Bonchev–Trinajstić information content (AvgIpc) is 2.60. The summed E-state index contributed by atoms with van der Waals surface area (Å²) in [5.41, 5.74) is 1.09. The summed E-state index contributed by atoms with van der Waals surface area (Å²) in [5, 5.41) is 11.3. The van der Waals surface area contributed by atoms with Gasteiger partial charge in [-0.1, -0.05) is 23.7 Å². The number of carbonyl (C=O) groups is 1. The number of aliphatic hydroxyl groups excluding tert-OH is 1. The Balaban J connectivity index is 1.52. The van der Waals surface area contributed by atoms with Gasteiger partial charge in [0.15, 0.2) is 0 Å². The van der Waals surface area contributed by atoms with Crippen molar-refractivity contribution in [3.63, 3.8) is 0 Å². The van der Waals surface area contributed by atoms with Crippen LogP contribution in [0.2, 0.25) is 5.02 Å². The zero-order valence-electron chi connectivity index (χ0n) is 15.1. The van der Waals surface area contributed by atoms with Gasteiger partial charge in [0.1, 0.15) is 0 Å². The SMILES string of the molecule is CN1CC[C@H](O)[C@@]2(CCCN(C(=O)CCCc3ccc(Cl)cc3)C2)C1. The predicted molar refractivity (Wildman–Crippen MR) is 101 cm³/mol. The lowest BCUT2D eigenvalue weighted by atomic mass is 9.71. The minimum atomic E-state index is -0.284. The number of carbonyl (C=O) groups excluding carboxylic acids is 1. The highest BCUT2D eigenvalue weighted by Crippen LogP contribution is 2.38. The maximum Gasteiger partial charge on any atom is 0.222 e. The largest absolute Gasteiger partial charge is 0.392 e. The topological polar surface area (TPSA) is 43.8 Å². The van der Waals surface area contributed by atoms with E-state index in [2.05, 4.69) is 11.9 Å². The van der Waals surface area contributed by atoms with Crippen LogP contribution in [0.25, 0.3) is 0 Å². The van der Waals surface area contributed by atoms with Gasteiger partial charge in [0.25, 0.3) is 0 Å². The van der Waals surface area contributed by atoms with Crippen molar-refractivity contribution in [2.24, 2.45) is 5.41 Å². The molecule has 2 heterocycles. The summed E-state index contributed by atoms with van der Waals surface area (Å²) in [5.74, 6) is 0.230. The molecule has 1 N–H and O–H groups in total. The number of likely N-dealkylation sites (tertiary alicyclic amines) is 2. The molecule has 1 amide bonds. The second-order valence-corrected chi connectivity index (χ2v) is 8.24. The van der Waals surface area contributed by atoms with Crippen LogP contribution in [-0.4, -0.2) is 60.1 Å². The summed E-state index contributed by atoms with van der Waals surface area (Å²) in [4.78, 5) is 17.0. The van der Waals surface area contributed by atoms with Gasteiger partial charge in [-0.2, -0.15) is 0 Å². The number of benzene rings is 1. The molecule has 2 saturated heterocycles. The Morgan fingerprint density at radius 1 is 1.28 bits per heavy atom. The lowest BCUT2D eigenvalue weighted by Gasteiger charge is -2.50. The summed E-state index contributed by atoms with van der Waals surface area (Å²) < 4.78 is 0. The normalized spacial score (nSPS) is 27.6. The van der Waals surface area contributed by atoms with E-state index in [1.54, 1.807) is 0 Å². The number of piperidine rings is 2. The van der Waals surface area contributed by atoms with Gasteiger partial charge in [-0.05, 0) is 56.8 Å². The van der Waals surface area contributed by atoms with E-state index >= 15 is 0 Å². The first-order valence-electron chi connectivity index (χ1n) is 9.37. The standard InChI is InChI=1S/C20H29ClN2O2/c1-22-13-10-18(24)20(14-22)11-3-12-23(15-20)19(25)5-2-4-16-6-8-17(21)9-7-16/h6-9,18,24H,2-5,10-15H2,1H3/t18-,20-/m0/s1. The van der Waals surface area contributed by atoms with E-state index < -0.39 is 0 Å². The second-order valence-electron chi connectivity index (χ2n) is 7.80. The van der Waals surface area contributed by atoms with Crippen LogP contribution in [0.5, 0.6) is 0 Å². The number of halogens is 1. The molecule has 0 saturated carbocycles. The van der Waals surface area contributed by atoms with Crippen molar-refractivity contribution in [1.29, 1.82) is 0 Å². The van der Waals surface area contributed by atoms with Gasteiger partial charge in [-0.15, -0.1) is 0 Å². The summed E-state index contributed by atoms with van der Waals surface area (Å²) in [6.07, 6.45) is 4.87. The van der Waals surface area contributed by atoms with Gasteiger partial charge >= 0.3 is 0 Å². The molecule has 1 aromatic rings. The van der Waals surface area contributed by atoms with Crippen molar-refractivity contribution in [2.75, 3.05) is 33.2 Å². The van der Waals surface area contributed by atoms with Crippen LogP contribution >= 0.6 is 11.6 Å². The van der Waals surface area contributed by atoms with Crippen LogP contribution < -0.4 is 0 Å². The number of hydrogen-bond acceptors (Lipinski definition) is 3. The highest BCUT2D eigenvalue weighted by molar-refractivity contribution is 6.30. The number of hydrogen-bond donors (Lipinski definition) is 1. The van der Waals surface area contributed by atoms with E-state index in [1.165, 1.54) is 5.56 Å². The van der Waals surface area contributed by atoms with E-state index in [1.807, 2.05) is 29.2 Å². The van der Waals surface area contributed by atoms with E-state index in [-0.39, 0.29) is 17.4 Å². The molecule has 1 spiro atoms. The van der Waals surface area contributed by atoms with Crippen molar-refractivity contribution < 1.29 is 9.90 Å². The summed E-state index contributed by atoms with van der Waals surface area (Å²) in [6.45, 7) is 3.37. The van der Waals surface area contributed by atoms with Crippen LogP contribution in [0.4, 0.5) is 0 Å². The quantitative estimate of drug-likeness (QED) is 0.893. The number of amides is 1. The fraction of sp³-hybridized carbons (Fsp3) is 0.650. The number of aryl methyl sites for hydroxylation is 1. The van der Waals surface area contributed by atoms with Gasteiger partial charge in [-0.3, -0.25) is 4.79 Å². The predicted octanol–water partition coefficient (Wildman–Crippen LogP) is 2.97. The van der Waals surface area contributed by atoms with Crippen LogP contribution in [0.1, 0.15) is 37.7 Å². The lowest BCUT2D eigenvalue weighted by Crippen LogP contribution is -2.59. The lowest BCUT2D eigenvalue weighted by molar-refractivity contribution is -0.140. The van der Waals surface area contributed by atoms with Gasteiger partial charge < -0.3 is 14.9 Å². The molecule has 2 aliphatic heterocycles. The molecule has 2 aliphatic rings. The van der Waals surface area contributed by atoms with E-state index in [0.29, 0.717) is 13.0 Å². The Morgan fingerprint density at radius 3 is 2.80 bits per heavy atom. The Kier molecular flexibility index (Phi) is 6.03. The third-order valence-electron chi connectivity index (χ3n) is 5.81. The molecule has 5 heteroatoms. The van der Waals surface area contributed by atoms with Crippen LogP contribution in [0, 0.1) is 5.41 Å². The molecule has 1 aromatic carbocycles. The fourth-order valence-electron chi connectivity index (χ4n) is 4.40. The first-order valence-corrected chi connectivity index (χ1v) is 9.75. The molecule has 0 aliphatic carbocycles. The van der Waals surface area contributed by atoms with Crippen molar-refractivity contribution in [1.82, 2.24) is 9.80 Å². The Hall–Kier alpha value is -1.10. The second kappa shape index (κ2) is 8.07. The zero-order chi connectivity index (χ0) is 17.9. The Morgan fingerprint density at radius 2 is 2.04 bits per heavy atom. The van der Waals surface area contributed by atoms with Crippen LogP contribution in [0.3, 0.4) is 0 Å². The minimum Gasteiger partial charge on any atom is -0.392 e. The summed E-state index contributed by atoms with van der Waals surface area (Å²) in [6, 6.07) is 7.84. The maximum absolute atomic E-state index is 12.7. The Labute approximate surface area is 155 Å². The highest BCUT2D eigenvalue weighted by atomic mass is 35.5. The van der Waals surface area contributed by atoms with E-state index in [0.717, 1.165) is 56.8 Å². The smallest absolute Gasteiger partial charge is 0.222 e. The maximum atomic E-state index is 12.7. The number of rotatable bonds is 4. The molecule has 0 aromatic heterocycles. The molecule has 0 radical (unpaired) electrons. The summed E-state index contributed by atoms with van der Waals surface area (Å²) in [7, 11) is 2.11. The van der Waals surface area contributed by atoms with Crippen LogP contribution in [0.15, 0.2) is 24.3 Å². The molecular formula is C20H29ClN2O2.